The smallest absolute Gasteiger partial charge is 0.184 e. The van der Waals surface area contributed by atoms with E-state index in [-0.39, 0.29) is 6.29 Å². The molecular formula is C17H26O2. The van der Waals surface area contributed by atoms with Crippen LogP contribution in [0.4, 0.5) is 0 Å². The maximum atomic E-state index is 6.05. The Hall–Kier alpha value is -0.860. The molecular weight excluding hydrogens is 236 g/mol. The molecule has 0 radical (unpaired) electrons. The third-order valence-corrected chi connectivity index (χ3v) is 3.70. The Balaban J connectivity index is 1.92. The molecule has 0 N–H and O–H groups in total. The lowest BCUT2D eigenvalue weighted by Gasteiger charge is -2.30. The Labute approximate surface area is 117 Å². The van der Waals surface area contributed by atoms with Crippen molar-refractivity contribution in [3.63, 3.8) is 0 Å². The minimum Gasteiger partial charge on any atom is -0.348 e. The maximum absolute atomic E-state index is 6.05. The van der Waals surface area contributed by atoms with Crippen LogP contribution < -0.4 is 0 Å². The summed E-state index contributed by atoms with van der Waals surface area (Å²) < 4.78 is 11.8. The molecule has 2 rings (SSSR count). The van der Waals surface area contributed by atoms with Gasteiger partial charge in [-0.25, -0.2) is 0 Å². The van der Waals surface area contributed by atoms with Crippen LogP contribution in [0.3, 0.4) is 0 Å². The molecule has 0 spiro atoms. The molecule has 0 aromatic heterocycles. The van der Waals surface area contributed by atoms with Gasteiger partial charge >= 0.3 is 0 Å². The monoisotopic (exact) mass is 262 g/mol. The van der Waals surface area contributed by atoms with Crippen molar-refractivity contribution < 1.29 is 9.47 Å². The summed E-state index contributed by atoms with van der Waals surface area (Å²) in [6.07, 6.45) is 7.21. The average molecular weight is 262 g/mol. The zero-order valence-electron chi connectivity index (χ0n) is 12.2. The predicted octanol–water partition coefficient (Wildman–Crippen LogP) is 4.63. The van der Waals surface area contributed by atoms with Crippen LogP contribution in [-0.4, -0.2) is 12.7 Å². The standard InChI is InChI=1S/C17H26O2/c1-3-5-7-16-12-13-18-17(19-16)15-10-8-14(6-4-2)9-11-15/h8-11,16-17H,3-7,12-13H2,1-2H3. The molecule has 1 aromatic rings. The van der Waals surface area contributed by atoms with Crippen molar-refractivity contribution in [2.45, 2.75) is 64.8 Å². The molecule has 106 valence electrons. The van der Waals surface area contributed by atoms with E-state index < -0.39 is 0 Å². The fourth-order valence-corrected chi connectivity index (χ4v) is 2.54. The van der Waals surface area contributed by atoms with Gasteiger partial charge in [0.25, 0.3) is 0 Å². The van der Waals surface area contributed by atoms with Gasteiger partial charge in [-0.15, -0.1) is 0 Å². The van der Waals surface area contributed by atoms with Gasteiger partial charge in [0.1, 0.15) is 0 Å². The second-order valence-corrected chi connectivity index (χ2v) is 5.38. The number of unbranched alkanes of at least 4 members (excludes halogenated alkanes) is 1. The van der Waals surface area contributed by atoms with Crippen LogP contribution in [0.2, 0.25) is 0 Å². The highest BCUT2D eigenvalue weighted by molar-refractivity contribution is 5.23. The molecule has 1 aromatic carbocycles. The summed E-state index contributed by atoms with van der Waals surface area (Å²) in [4.78, 5) is 0. The summed E-state index contributed by atoms with van der Waals surface area (Å²) in [5, 5.41) is 0. The highest BCUT2D eigenvalue weighted by Crippen LogP contribution is 2.28. The summed E-state index contributed by atoms with van der Waals surface area (Å²) in [6.45, 7) is 5.25. The number of rotatable bonds is 6. The molecule has 1 fully saturated rings. The van der Waals surface area contributed by atoms with E-state index in [1.807, 2.05) is 0 Å². The topological polar surface area (TPSA) is 18.5 Å². The largest absolute Gasteiger partial charge is 0.348 e. The lowest BCUT2D eigenvalue weighted by atomic mass is 10.1. The fraction of sp³-hybridized carbons (Fsp3) is 0.647. The highest BCUT2D eigenvalue weighted by Gasteiger charge is 2.23. The van der Waals surface area contributed by atoms with Crippen molar-refractivity contribution in [2.24, 2.45) is 0 Å². The predicted molar refractivity (Wildman–Crippen MR) is 78.1 cm³/mol. The first-order valence-electron chi connectivity index (χ1n) is 7.69. The zero-order valence-corrected chi connectivity index (χ0v) is 12.2. The summed E-state index contributed by atoms with van der Waals surface area (Å²) >= 11 is 0. The maximum Gasteiger partial charge on any atom is 0.184 e. The third-order valence-electron chi connectivity index (χ3n) is 3.70. The second kappa shape index (κ2) is 7.66. The van der Waals surface area contributed by atoms with Crippen molar-refractivity contribution >= 4 is 0 Å². The highest BCUT2D eigenvalue weighted by atomic mass is 16.7. The summed E-state index contributed by atoms with van der Waals surface area (Å²) in [5.74, 6) is 0. The SMILES string of the molecule is CCCCC1CCOC(c2ccc(CCC)cc2)O1. The molecule has 0 saturated carbocycles. The van der Waals surface area contributed by atoms with Crippen LogP contribution in [-0.2, 0) is 15.9 Å². The van der Waals surface area contributed by atoms with Crippen molar-refractivity contribution in [3.8, 4) is 0 Å². The molecule has 2 heteroatoms. The van der Waals surface area contributed by atoms with Gasteiger partial charge in [0, 0.05) is 5.56 Å². The molecule has 0 bridgehead atoms. The van der Waals surface area contributed by atoms with Gasteiger partial charge in [0.15, 0.2) is 6.29 Å². The zero-order chi connectivity index (χ0) is 13.5. The van der Waals surface area contributed by atoms with E-state index in [0.717, 1.165) is 31.4 Å². The van der Waals surface area contributed by atoms with Crippen molar-refractivity contribution in [3.05, 3.63) is 35.4 Å². The molecule has 2 nitrogen and oxygen atoms in total. The normalized spacial score (nSPS) is 23.5. The van der Waals surface area contributed by atoms with Crippen LogP contribution in [0.15, 0.2) is 24.3 Å². The lowest BCUT2D eigenvalue weighted by molar-refractivity contribution is -0.218. The fourth-order valence-electron chi connectivity index (χ4n) is 2.54. The van der Waals surface area contributed by atoms with Gasteiger partial charge in [-0.1, -0.05) is 57.4 Å². The summed E-state index contributed by atoms with van der Waals surface area (Å²) in [6, 6.07) is 8.69. The van der Waals surface area contributed by atoms with Gasteiger partial charge in [0.2, 0.25) is 0 Å². The Bertz CT molecular complexity index is 358. The molecule has 1 saturated heterocycles. The van der Waals surface area contributed by atoms with Gasteiger partial charge in [-0.3, -0.25) is 0 Å². The van der Waals surface area contributed by atoms with Crippen molar-refractivity contribution in [2.75, 3.05) is 6.61 Å². The Morgan fingerprint density at radius 1 is 1.11 bits per heavy atom. The molecule has 1 heterocycles. The summed E-state index contributed by atoms with van der Waals surface area (Å²) in [7, 11) is 0. The number of ether oxygens (including phenoxy) is 2. The van der Waals surface area contributed by atoms with E-state index >= 15 is 0 Å². The minimum atomic E-state index is -0.161. The first-order chi connectivity index (χ1) is 9.33. The number of aryl methyl sites for hydroxylation is 1. The van der Waals surface area contributed by atoms with E-state index in [9.17, 15) is 0 Å². The van der Waals surface area contributed by atoms with Gasteiger partial charge in [-0.2, -0.15) is 0 Å². The third kappa shape index (κ3) is 4.32. The Morgan fingerprint density at radius 2 is 1.89 bits per heavy atom. The van der Waals surface area contributed by atoms with Crippen LogP contribution in [0.25, 0.3) is 0 Å². The Kier molecular flexibility index (Phi) is 5.87. The van der Waals surface area contributed by atoms with Crippen molar-refractivity contribution in [1.82, 2.24) is 0 Å². The first-order valence-corrected chi connectivity index (χ1v) is 7.69. The van der Waals surface area contributed by atoms with E-state index in [1.54, 1.807) is 0 Å². The van der Waals surface area contributed by atoms with E-state index in [2.05, 4.69) is 38.1 Å². The molecule has 0 amide bonds. The van der Waals surface area contributed by atoms with E-state index in [4.69, 9.17) is 9.47 Å². The molecule has 2 atom stereocenters. The molecule has 1 aliphatic heterocycles. The van der Waals surface area contributed by atoms with Crippen LogP contribution in [0.1, 0.15) is 63.4 Å². The average Bonchev–Trinajstić information content (AvgIpc) is 2.46. The minimum absolute atomic E-state index is 0.161. The molecule has 0 aliphatic carbocycles. The van der Waals surface area contributed by atoms with Crippen molar-refractivity contribution in [1.29, 1.82) is 0 Å². The number of hydrogen-bond acceptors (Lipinski definition) is 2. The van der Waals surface area contributed by atoms with Gasteiger partial charge in [-0.05, 0) is 24.8 Å². The molecule has 1 aliphatic rings. The molecule has 2 unspecified atom stereocenters. The Morgan fingerprint density at radius 3 is 2.58 bits per heavy atom. The van der Waals surface area contributed by atoms with E-state index in [0.29, 0.717) is 6.10 Å². The quantitative estimate of drug-likeness (QED) is 0.744. The van der Waals surface area contributed by atoms with Gasteiger partial charge in [0.05, 0.1) is 12.7 Å². The number of hydrogen-bond donors (Lipinski definition) is 0. The number of benzene rings is 1. The van der Waals surface area contributed by atoms with Crippen LogP contribution >= 0.6 is 0 Å². The van der Waals surface area contributed by atoms with Gasteiger partial charge < -0.3 is 9.47 Å². The second-order valence-electron chi connectivity index (χ2n) is 5.38. The first kappa shape index (κ1) is 14.5. The lowest BCUT2D eigenvalue weighted by Crippen LogP contribution is -2.26. The van der Waals surface area contributed by atoms with E-state index in [1.165, 1.54) is 24.8 Å². The van der Waals surface area contributed by atoms with Crippen LogP contribution in [0, 0.1) is 0 Å². The van der Waals surface area contributed by atoms with Crippen LogP contribution in [0.5, 0.6) is 0 Å². The molecule has 19 heavy (non-hydrogen) atoms. The summed E-state index contributed by atoms with van der Waals surface area (Å²) in [5.41, 5.74) is 2.55.